The van der Waals surface area contributed by atoms with Gasteiger partial charge in [-0.1, -0.05) is 34.5 Å². The summed E-state index contributed by atoms with van der Waals surface area (Å²) in [7, 11) is 0. The molecular weight excluding hydrogens is 671 g/mol. The highest BCUT2D eigenvalue weighted by molar-refractivity contribution is 9.10. The van der Waals surface area contributed by atoms with Crippen LogP contribution < -0.4 is 16.8 Å². The van der Waals surface area contributed by atoms with E-state index in [9.17, 15) is 19.5 Å². The molecule has 0 atom stereocenters. The van der Waals surface area contributed by atoms with Crippen molar-refractivity contribution in [3.05, 3.63) is 97.8 Å². The van der Waals surface area contributed by atoms with Crippen LogP contribution in [0.2, 0.25) is 10.0 Å². The normalized spacial score (nSPS) is 10.5. The zero-order chi connectivity index (χ0) is 30.6. The molecular formula is C26H19BrCl2N8O4S. The Morgan fingerprint density at radius 3 is 2.43 bits per heavy atom. The first-order valence-electron chi connectivity index (χ1n) is 11.6. The molecule has 0 spiro atoms. The van der Waals surface area contributed by atoms with Crippen LogP contribution in [0.3, 0.4) is 0 Å². The van der Waals surface area contributed by atoms with Crippen LogP contribution in [0.5, 0.6) is 0 Å². The minimum Gasteiger partial charge on any atom is -0.478 e. The molecule has 12 nitrogen and oxygen atoms in total. The summed E-state index contributed by atoms with van der Waals surface area (Å²) < 4.78 is 2.38. The van der Waals surface area contributed by atoms with E-state index in [1.165, 1.54) is 12.1 Å². The number of nitrogen functional groups attached to an aromatic ring is 1. The number of aromatic nitrogens is 5. The van der Waals surface area contributed by atoms with Gasteiger partial charge in [-0.25, -0.2) is 14.5 Å². The van der Waals surface area contributed by atoms with Crippen LogP contribution in [-0.4, -0.2) is 47.9 Å². The van der Waals surface area contributed by atoms with Crippen molar-refractivity contribution in [1.29, 1.82) is 0 Å². The smallest absolute Gasteiger partial charge is 0.335 e. The first kappa shape index (κ1) is 30.6. The van der Waals surface area contributed by atoms with Gasteiger partial charge in [0.2, 0.25) is 11.0 Å². The second-order valence-corrected chi connectivity index (χ2v) is 11.0. The average Bonchev–Trinajstić information content (AvgIpc) is 3.58. The molecule has 214 valence electrons. The topological polar surface area (TPSA) is 192 Å². The van der Waals surface area contributed by atoms with Gasteiger partial charge in [0.15, 0.2) is 10.8 Å². The second-order valence-electron chi connectivity index (χ2n) is 8.37. The van der Waals surface area contributed by atoms with E-state index in [2.05, 4.69) is 41.5 Å². The fraction of sp³-hybridized carbons (Fsp3) is 0.0385. The number of carboxylic acid groups (broad SMARTS) is 1. The van der Waals surface area contributed by atoms with E-state index in [-0.39, 0.29) is 21.8 Å². The number of carboxylic acids is 1. The van der Waals surface area contributed by atoms with Crippen LogP contribution in [0.15, 0.2) is 65.5 Å². The monoisotopic (exact) mass is 688 g/mol. The number of nitrogens with two attached hydrogens (primary N) is 2. The number of rotatable bonds is 6. The number of anilines is 2. The third kappa shape index (κ3) is 7.09. The Bertz CT molecular complexity index is 1830. The van der Waals surface area contributed by atoms with Crippen molar-refractivity contribution < 1.29 is 19.5 Å². The largest absolute Gasteiger partial charge is 0.478 e. The van der Waals surface area contributed by atoms with Crippen molar-refractivity contribution in [2.24, 2.45) is 5.73 Å². The Hall–Kier alpha value is -4.37. The van der Waals surface area contributed by atoms with Gasteiger partial charge in [0.1, 0.15) is 4.60 Å². The van der Waals surface area contributed by atoms with Crippen LogP contribution in [0.4, 0.5) is 10.8 Å². The molecule has 42 heavy (non-hydrogen) atoms. The molecule has 3 aromatic heterocycles. The third-order valence-electron chi connectivity index (χ3n) is 5.50. The van der Waals surface area contributed by atoms with Crippen LogP contribution >= 0.6 is 50.5 Å². The molecule has 5 aromatic rings. The van der Waals surface area contributed by atoms with Gasteiger partial charge in [0, 0.05) is 23.0 Å². The standard InChI is InChI=1S/C18H14ClN5O4S.C8H5BrClN3/c1-7-4-9(19)6-12(16-23-24-18(21)29-16)13(7)22-15(26)11-5-8(17(27)28)2-3-10(11)14(20)25;9-7-3-5-13(12-7)8-6(10)2-1-4-11-8/h2-6H,1H3,(H2,20,25)(H2,21,24)(H,22,26)(H,27,28);1-5H. The molecule has 2 aromatic carbocycles. The molecule has 2 amide bonds. The Morgan fingerprint density at radius 2 is 1.83 bits per heavy atom. The maximum absolute atomic E-state index is 12.9. The summed E-state index contributed by atoms with van der Waals surface area (Å²) in [5.74, 6) is -2.19. The van der Waals surface area contributed by atoms with Gasteiger partial charge in [-0.15, -0.1) is 10.2 Å². The molecule has 0 radical (unpaired) electrons. The minimum atomic E-state index is -1.25. The lowest BCUT2D eigenvalue weighted by Gasteiger charge is -2.14. The van der Waals surface area contributed by atoms with E-state index in [0.717, 1.165) is 22.0 Å². The lowest BCUT2D eigenvalue weighted by Crippen LogP contribution is -2.21. The van der Waals surface area contributed by atoms with Gasteiger partial charge in [-0.2, -0.15) is 5.10 Å². The van der Waals surface area contributed by atoms with E-state index in [0.29, 0.717) is 37.7 Å². The fourth-order valence-electron chi connectivity index (χ4n) is 3.65. The number of hydrogen-bond donors (Lipinski definition) is 4. The zero-order valence-corrected chi connectivity index (χ0v) is 25.3. The zero-order valence-electron chi connectivity index (χ0n) is 21.4. The number of carbonyl (C=O) groups excluding carboxylic acids is 2. The summed E-state index contributed by atoms with van der Waals surface area (Å²) >= 11 is 16.4. The SMILES string of the molecule is Cc1cc(Cl)cc(-c2nnc(N)s2)c1NC(=O)c1cc(C(=O)O)ccc1C(N)=O.Clc1cccnc1-n1ccc(Br)n1. The fourth-order valence-corrected chi connectivity index (χ4v) is 5.05. The Kier molecular flexibility index (Phi) is 9.52. The third-order valence-corrected chi connectivity index (χ3v) is 7.22. The van der Waals surface area contributed by atoms with Crippen LogP contribution in [0.1, 0.15) is 36.6 Å². The maximum Gasteiger partial charge on any atom is 0.335 e. The maximum atomic E-state index is 12.9. The van der Waals surface area contributed by atoms with E-state index in [1.807, 2.05) is 6.07 Å². The van der Waals surface area contributed by atoms with Gasteiger partial charge in [-0.05, 0) is 76.9 Å². The van der Waals surface area contributed by atoms with Crippen molar-refractivity contribution in [2.75, 3.05) is 11.1 Å². The number of aryl methyl sites for hydroxylation is 1. The lowest BCUT2D eigenvalue weighted by atomic mass is 10.0. The predicted octanol–water partition coefficient (Wildman–Crippen LogP) is 5.48. The lowest BCUT2D eigenvalue weighted by molar-refractivity contribution is 0.0696. The van der Waals surface area contributed by atoms with Gasteiger partial charge in [0.25, 0.3) is 5.91 Å². The van der Waals surface area contributed by atoms with Gasteiger partial charge in [0.05, 0.1) is 27.4 Å². The average molecular weight is 690 g/mol. The highest BCUT2D eigenvalue weighted by atomic mass is 79.9. The Balaban J connectivity index is 0.000000258. The molecule has 0 aliphatic rings. The van der Waals surface area contributed by atoms with Crippen molar-refractivity contribution in [3.8, 4) is 16.4 Å². The van der Waals surface area contributed by atoms with Crippen molar-refractivity contribution in [1.82, 2.24) is 25.0 Å². The summed E-state index contributed by atoms with van der Waals surface area (Å²) in [5.41, 5.74) is 12.0. The number of primary amides is 1. The predicted molar refractivity (Wildman–Crippen MR) is 163 cm³/mol. The van der Waals surface area contributed by atoms with Gasteiger partial charge >= 0.3 is 5.97 Å². The second kappa shape index (κ2) is 13.1. The quantitative estimate of drug-likeness (QED) is 0.179. The number of nitrogens with zero attached hydrogens (tertiary/aromatic N) is 5. The summed E-state index contributed by atoms with van der Waals surface area (Å²) in [6.07, 6.45) is 3.47. The van der Waals surface area contributed by atoms with Crippen molar-refractivity contribution in [2.45, 2.75) is 6.92 Å². The molecule has 0 saturated heterocycles. The number of nitrogens with one attached hydrogen (secondary N) is 1. The first-order chi connectivity index (χ1) is 19.9. The summed E-state index contributed by atoms with van der Waals surface area (Å²) in [5, 5.41) is 25.4. The molecule has 3 heterocycles. The molecule has 6 N–H and O–H groups in total. The van der Waals surface area contributed by atoms with Crippen molar-refractivity contribution >= 4 is 79.1 Å². The van der Waals surface area contributed by atoms with E-state index >= 15 is 0 Å². The summed E-state index contributed by atoms with van der Waals surface area (Å²) in [6, 6.07) is 12.1. The summed E-state index contributed by atoms with van der Waals surface area (Å²) in [6.45, 7) is 1.72. The number of amides is 2. The summed E-state index contributed by atoms with van der Waals surface area (Å²) in [4.78, 5) is 40.0. The van der Waals surface area contributed by atoms with Crippen LogP contribution in [0, 0.1) is 6.92 Å². The number of aromatic carboxylic acids is 1. The van der Waals surface area contributed by atoms with E-state index < -0.39 is 17.8 Å². The van der Waals surface area contributed by atoms with Crippen LogP contribution in [0.25, 0.3) is 16.4 Å². The highest BCUT2D eigenvalue weighted by Crippen LogP contribution is 2.36. The van der Waals surface area contributed by atoms with Crippen LogP contribution in [-0.2, 0) is 0 Å². The van der Waals surface area contributed by atoms with Gasteiger partial charge < -0.3 is 21.9 Å². The first-order valence-corrected chi connectivity index (χ1v) is 14.0. The Labute approximate surface area is 260 Å². The number of benzene rings is 2. The highest BCUT2D eigenvalue weighted by Gasteiger charge is 2.21. The van der Waals surface area contributed by atoms with E-state index in [4.69, 9.17) is 34.7 Å². The number of carbonyl (C=O) groups is 3. The van der Waals surface area contributed by atoms with Gasteiger partial charge in [-0.3, -0.25) is 9.59 Å². The molecule has 16 heteroatoms. The molecule has 0 unspecified atom stereocenters. The minimum absolute atomic E-state index is 0.110. The number of pyridine rings is 1. The molecule has 0 aliphatic heterocycles. The molecule has 0 saturated carbocycles. The van der Waals surface area contributed by atoms with E-state index in [1.54, 1.807) is 48.3 Å². The molecule has 5 rings (SSSR count). The number of halogens is 3. The molecule has 0 aliphatic carbocycles. The molecule has 0 bridgehead atoms. The number of hydrogen-bond acceptors (Lipinski definition) is 9. The molecule has 0 fully saturated rings. The Morgan fingerprint density at radius 1 is 1.07 bits per heavy atom. The van der Waals surface area contributed by atoms with Crippen molar-refractivity contribution in [3.63, 3.8) is 0 Å².